The number of nitrogens with two attached hydrogens (primary N) is 1. The molecule has 1 aliphatic rings. The second-order valence-corrected chi connectivity index (χ2v) is 8.75. The minimum atomic E-state index is -5.23. The first-order valence-corrected chi connectivity index (χ1v) is 11.3. The van der Waals surface area contributed by atoms with Crippen LogP contribution in [0.5, 0.6) is 0 Å². The summed E-state index contributed by atoms with van der Waals surface area (Å²) in [6.07, 6.45) is -5.23. The molecule has 1 saturated heterocycles. The number of allylic oxidation sites excluding steroid dienone is 1. The Morgan fingerprint density at radius 1 is 1.00 bits per heavy atom. The van der Waals surface area contributed by atoms with Gasteiger partial charge < -0.3 is 9.80 Å². The highest BCUT2D eigenvalue weighted by atomic mass is 32.1. The van der Waals surface area contributed by atoms with Crippen molar-refractivity contribution in [3.63, 3.8) is 0 Å². The Labute approximate surface area is 197 Å². The lowest BCUT2D eigenvalue weighted by Crippen LogP contribution is -2.48. The number of benzene rings is 2. The summed E-state index contributed by atoms with van der Waals surface area (Å²) >= 11 is 1.05. The molecule has 0 atom stereocenters. The fraction of sp³-hybridized carbons (Fsp3) is 0.261. The summed E-state index contributed by atoms with van der Waals surface area (Å²) in [5, 5.41) is 0.522. The molecule has 1 aromatic heterocycles. The van der Waals surface area contributed by atoms with Crippen molar-refractivity contribution in [1.82, 2.24) is 9.88 Å². The topological polar surface area (TPSA) is 82.8 Å². The van der Waals surface area contributed by atoms with Crippen molar-refractivity contribution in [3.05, 3.63) is 65.9 Å². The van der Waals surface area contributed by atoms with E-state index in [-0.39, 0.29) is 10.8 Å². The maximum absolute atomic E-state index is 13.5. The molecule has 11 heteroatoms. The van der Waals surface area contributed by atoms with Gasteiger partial charge in [0.15, 0.2) is 0 Å². The van der Waals surface area contributed by atoms with Gasteiger partial charge in [-0.25, -0.2) is 15.8 Å². The number of fused-ring (bicyclic) bond motifs is 1. The molecule has 3 aromatic rings. The second kappa shape index (κ2) is 9.43. The number of thiazole rings is 1. The molecule has 0 bridgehead atoms. The number of amides is 1. The minimum absolute atomic E-state index is 0.000344. The quantitative estimate of drug-likeness (QED) is 0.147. The Balaban J connectivity index is 1.62. The number of hydrogen-bond acceptors (Lipinski definition) is 7. The molecule has 7 nitrogen and oxygen atoms in total. The number of halogens is 3. The number of aromatic nitrogens is 1. The number of nitrogens with zero attached hydrogens (tertiary/aromatic N) is 4. The first-order chi connectivity index (χ1) is 16.2. The molecule has 4 rings (SSSR count). The van der Waals surface area contributed by atoms with Crippen molar-refractivity contribution < 1.29 is 22.8 Å². The third kappa shape index (κ3) is 4.75. The van der Waals surface area contributed by atoms with E-state index in [1.807, 2.05) is 30.3 Å². The van der Waals surface area contributed by atoms with Crippen molar-refractivity contribution in [3.8, 4) is 0 Å². The van der Waals surface area contributed by atoms with E-state index >= 15 is 0 Å². The van der Waals surface area contributed by atoms with Crippen LogP contribution in [0.1, 0.15) is 6.92 Å². The summed E-state index contributed by atoms with van der Waals surface area (Å²) in [4.78, 5) is 33.4. The average molecular weight is 490 g/mol. The van der Waals surface area contributed by atoms with Crippen molar-refractivity contribution in [2.24, 2.45) is 5.84 Å². The molecular weight excluding hydrogens is 467 g/mol. The Kier molecular flexibility index (Phi) is 6.58. The van der Waals surface area contributed by atoms with Crippen LogP contribution in [-0.2, 0) is 9.59 Å². The molecule has 0 aliphatic carbocycles. The van der Waals surface area contributed by atoms with Gasteiger partial charge in [0.05, 0.1) is 10.2 Å². The number of para-hydroxylation sites is 2. The maximum Gasteiger partial charge on any atom is 0.455 e. The highest BCUT2D eigenvalue weighted by Gasteiger charge is 2.46. The summed E-state index contributed by atoms with van der Waals surface area (Å²) in [6, 6.07) is 16.6. The van der Waals surface area contributed by atoms with Crippen molar-refractivity contribution in [2.45, 2.75) is 13.1 Å². The molecular formula is C23H22F3N5O2S. The van der Waals surface area contributed by atoms with E-state index in [0.29, 0.717) is 41.4 Å². The molecule has 1 amide bonds. The lowest BCUT2D eigenvalue weighted by molar-refractivity contribution is -0.167. The van der Waals surface area contributed by atoms with Crippen LogP contribution in [0.25, 0.3) is 10.2 Å². The van der Waals surface area contributed by atoms with Gasteiger partial charge >= 0.3 is 6.18 Å². The van der Waals surface area contributed by atoms with Gasteiger partial charge in [0.1, 0.15) is 5.57 Å². The first-order valence-electron chi connectivity index (χ1n) is 10.5. The number of rotatable bonds is 5. The van der Waals surface area contributed by atoms with E-state index in [1.54, 1.807) is 29.2 Å². The SMILES string of the molecule is C/C(=C(/C(=O)N(N)c1nc2ccccc2s1)C(=O)C(F)(F)F)N1CCN(c2ccccc2)CC1. The normalized spacial score (nSPS) is 15.3. The van der Waals surface area contributed by atoms with Crippen molar-refractivity contribution in [2.75, 3.05) is 36.1 Å². The van der Waals surface area contributed by atoms with Gasteiger partial charge in [-0.3, -0.25) is 9.59 Å². The predicted molar refractivity (Wildman–Crippen MR) is 125 cm³/mol. The van der Waals surface area contributed by atoms with E-state index < -0.39 is 23.4 Å². The van der Waals surface area contributed by atoms with Gasteiger partial charge in [-0.2, -0.15) is 13.2 Å². The Morgan fingerprint density at radius 3 is 2.24 bits per heavy atom. The number of ketones is 1. The first kappa shape index (κ1) is 23.7. The number of piperazine rings is 1. The summed E-state index contributed by atoms with van der Waals surface area (Å²) < 4.78 is 41.1. The van der Waals surface area contributed by atoms with Gasteiger partial charge in [-0.05, 0) is 31.2 Å². The summed E-state index contributed by atoms with van der Waals surface area (Å²) in [6.45, 7) is 3.07. The molecule has 1 aliphatic heterocycles. The minimum Gasteiger partial charge on any atom is -0.371 e. The van der Waals surface area contributed by atoms with Crippen LogP contribution in [0, 0.1) is 0 Å². The molecule has 2 N–H and O–H groups in total. The van der Waals surface area contributed by atoms with Crippen LogP contribution in [-0.4, -0.2) is 53.9 Å². The highest BCUT2D eigenvalue weighted by Crippen LogP contribution is 2.31. The monoisotopic (exact) mass is 489 g/mol. The largest absolute Gasteiger partial charge is 0.455 e. The lowest BCUT2D eigenvalue weighted by Gasteiger charge is -2.38. The van der Waals surface area contributed by atoms with Crippen LogP contribution >= 0.6 is 11.3 Å². The summed E-state index contributed by atoms with van der Waals surface area (Å²) in [5.74, 6) is 2.43. The Bertz CT molecular complexity index is 1200. The molecule has 0 spiro atoms. The maximum atomic E-state index is 13.5. The molecule has 0 saturated carbocycles. The van der Waals surface area contributed by atoms with Crippen molar-refractivity contribution in [1.29, 1.82) is 0 Å². The zero-order chi connectivity index (χ0) is 24.5. The standard InChI is InChI=1S/C23H22F3N5O2S/c1-15(29-11-13-30(14-12-29)16-7-3-2-4-8-16)19(20(32)23(24,25)26)21(33)31(27)22-28-17-9-5-6-10-18(17)34-22/h2-10H,11-14,27H2,1H3/b19-15-. The zero-order valence-electron chi connectivity index (χ0n) is 18.2. The van der Waals surface area contributed by atoms with Gasteiger partial charge in [-0.15, -0.1) is 0 Å². The van der Waals surface area contributed by atoms with Crippen LogP contribution < -0.4 is 15.8 Å². The summed E-state index contributed by atoms with van der Waals surface area (Å²) in [5.41, 5.74) is 0.488. The van der Waals surface area contributed by atoms with Crippen molar-refractivity contribution >= 4 is 44.1 Å². The third-order valence-corrected chi connectivity index (χ3v) is 6.68. The Hall–Kier alpha value is -3.44. The zero-order valence-corrected chi connectivity index (χ0v) is 19.1. The second-order valence-electron chi connectivity index (χ2n) is 7.74. The average Bonchev–Trinajstić information content (AvgIpc) is 3.28. The van der Waals surface area contributed by atoms with Gasteiger partial charge in [0, 0.05) is 37.6 Å². The molecule has 2 aromatic carbocycles. The van der Waals surface area contributed by atoms with E-state index in [9.17, 15) is 22.8 Å². The van der Waals surface area contributed by atoms with E-state index in [4.69, 9.17) is 5.84 Å². The number of carbonyl (C=O) groups excluding carboxylic acids is 2. The molecule has 178 valence electrons. The Morgan fingerprint density at radius 2 is 1.62 bits per heavy atom. The highest BCUT2D eigenvalue weighted by molar-refractivity contribution is 7.22. The molecule has 0 radical (unpaired) electrons. The number of hydrazine groups is 1. The van der Waals surface area contributed by atoms with Crippen LogP contribution in [0.2, 0.25) is 0 Å². The van der Waals surface area contributed by atoms with Gasteiger partial charge in [0.25, 0.3) is 11.7 Å². The number of carbonyl (C=O) groups is 2. The fourth-order valence-electron chi connectivity index (χ4n) is 3.83. The number of Topliss-reactive ketones (excluding diaryl/α,β-unsaturated/α-hetero) is 1. The van der Waals surface area contributed by atoms with Gasteiger partial charge in [-0.1, -0.05) is 41.7 Å². The molecule has 0 unspecified atom stereocenters. The summed E-state index contributed by atoms with van der Waals surface area (Å²) in [7, 11) is 0. The third-order valence-electron chi connectivity index (χ3n) is 5.64. The smallest absolute Gasteiger partial charge is 0.371 e. The number of anilines is 2. The molecule has 34 heavy (non-hydrogen) atoms. The van der Waals surface area contributed by atoms with Crippen LogP contribution in [0.3, 0.4) is 0 Å². The number of hydrogen-bond donors (Lipinski definition) is 1. The predicted octanol–water partition coefficient (Wildman–Crippen LogP) is 3.73. The van der Waals surface area contributed by atoms with E-state index in [1.165, 1.54) is 6.92 Å². The van der Waals surface area contributed by atoms with E-state index in [0.717, 1.165) is 17.0 Å². The lowest BCUT2D eigenvalue weighted by atomic mass is 10.1. The van der Waals surface area contributed by atoms with Crippen LogP contribution in [0.15, 0.2) is 65.9 Å². The fourth-order valence-corrected chi connectivity index (χ4v) is 4.71. The molecule has 2 heterocycles. The number of alkyl halides is 3. The molecule has 1 fully saturated rings. The van der Waals surface area contributed by atoms with E-state index in [2.05, 4.69) is 9.88 Å². The van der Waals surface area contributed by atoms with Crippen LogP contribution in [0.4, 0.5) is 24.0 Å². The van der Waals surface area contributed by atoms with Gasteiger partial charge in [0.2, 0.25) is 5.13 Å².